The molecule has 4 aromatic heterocycles. The fourth-order valence-corrected chi connectivity index (χ4v) is 5.10. The van der Waals surface area contributed by atoms with Crippen molar-refractivity contribution in [3.05, 3.63) is 102 Å². The Hall–Kier alpha value is -4.67. The van der Waals surface area contributed by atoms with Crippen LogP contribution >= 0.6 is 0 Å². The molecule has 1 aliphatic heterocycles. The second-order valence-corrected chi connectivity index (χ2v) is 9.51. The highest BCUT2D eigenvalue weighted by Gasteiger charge is 2.33. The largest absolute Gasteiger partial charge is 0.431 e. The van der Waals surface area contributed by atoms with E-state index < -0.39 is 17.8 Å². The zero-order valence-electron chi connectivity index (χ0n) is 20.6. The molecule has 11 heteroatoms. The minimum absolute atomic E-state index is 0.00749. The van der Waals surface area contributed by atoms with E-state index in [1.807, 2.05) is 39.8 Å². The molecule has 0 atom stereocenters. The van der Waals surface area contributed by atoms with Gasteiger partial charge in [-0.05, 0) is 60.7 Å². The molecule has 198 valence electrons. The number of likely N-dealkylation sites (tertiary alicyclic amines) is 1. The number of hydrogen-bond acceptors (Lipinski definition) is 4. The van der Waals surface area contributed by atoms with Crippen molar-refractivity contribution >= 4 is 28.7 Å². The Morgan fingerprint density at radius 1 is 0.974 bits per heavy atom. The average molecular weight is 533 g/mol. The first kappa shape index (κ1) is 24.7. The molecule has 6 rings (SSSR count). The zero-order chi connectivity index (χ0) is 27.1. The van der Waals surface area contributed by atoms with Crippen LogP contribution in [0, 0.1) is 0 Å². The number of halogens is 3. The van der Waals surface area contributed by atoms with Crippen molar-refractivity contribution in [3.8, 4) is 0 Å². The number of imidazole rings is 2. The molecule has 39 heavy (non-hydrogen) atoms. The van der Waals surface area contributed by atoms with E-state index in [2.05, 4.69) is 15.3 Å². The first-order chi connectivity index (χ1) is 18.8. The summed E-state index contributed by atoms with van der Waals surface area (Å²) in [7, 11) is 0. The fraction of sp³-hybridized carbons (Fsp3) is 0.214. The van der Waals surface area contributed by atoms with Crippen molar-refractivity contribution in [1.82, 2.24) is 23.7 Å². The van der Waals surface area contributed by atoms with Gasteiger partial charge < -0.3 is 14.6 Å². The molecule has 0 aliphatic carbocycles. The molecule has 0 spiro atoms. The van der Waals surface area contributed by atoms with Crippen LogP contribution in [0.15, 0.2) is 79.5 Å². The van der Waals surface area contributed by atoms with Gasteiger partial charge in [0.15, 0.2) is 0 Å². The number of anilines is 1. The first-order valence-electron chi connectivity index (χ1n) is 12.4. The number of aromatic nitrogens is 4. The Morgan fingerprint density at radius 3 is 2.49 bits per heavy atom. The molecule has 5 aromatic rings. The fourth-order valence-electron chi connectivity index (χ4n) is 5.10. The Bertz CT molecular complexity index is 1680. The minimum Gasteiger partial charge on any atom is -0.339 e. The van der Waals surface area contributed by atoms with Crippen LogP contribution < -0.4 is 5.32 Å². The number of alkyl halides is 3. The van der Waals surface area contributed by atoms with Crippen LogP contribution in [0.1, 0.15) is 50.9 Å². The van der Waals surface area contributed by atoms with Crippen molar-refractivity contribution in [2.24, 2.45) is 0 Å². The summed E-state index contributed by atoms with van der Waals surface area (Å²) in [5.41, 5.74) is 2.05. The third kappa shape index (κ3) is 4.71. The summed E-state index contributed by atoms with van der Waals surface area (Å²) in [4.78, 5) is 35.9. The Balaban J connectivity index is 1.09. The predicted molar refractivity (Wildman–Crippen MR) is 138 cm³/mol. The van der Waals surface area contributed by atoms with E-state index in [9.17, 15) is 22.8 Å². The lowest BCUT2D eigenvalue weighted by atomic mass is 9.89. The van der Waals surface area contributed by atoms with Gasteiger partial charge in [-0.15, -0.1) is 0 Å². The molecule has 0 saturated carbocycles. The number of carbonyl (C=O) groups is 2. The summed E-state index contributed by atoms with van der Waals surface area (Å²) in [6.45, 7) is 1.26. The number of fused-ring (bicyclic) bond motifs is 2. The quantitative estimate of drug-likeness (QED) is 0.342. The minimum atomic E-state index is -4.57. The number of nitrogens with one attached hydrogen (secondary N) is 1. The highest BCUT2D eigenvalue weighted by molar-refractivity contribution is 6.03. The summed E-state index contributed by atoms with van der Waals surface area (Å²) in [6.07, 6.45) is 3.36. The van der Waals surface area contributed by atoms with Crippen LogP contribution in [-0.2, 0) is 6.18 Å². The molecule has 0 bridgehead atoms. The third-order valence-corrected chi connectivity index (χ3v) is 7.12. The van der Waals surface area contributed by atoms with E-state index in [0.29, 0.717) is 24.3 Å². The van der Waals surface area contributed by atoms with E-state index in [4.69, 9.17) is 0 Å². The van der Waals surface area contributed by atoms with Crippen molar-refractivity contribution in [2.45, 2.75) is 24.9 Å². The van der Waals surface area contributed by atoms with Crippen LogP contribution in [-0.4, -0.2) is 48.6 Å². The first-order valence-corrected chi connectivity index (χ1v) is 12.4. The highest BCUT2D eigenvalue weighted by atomic mass is 19.4. The molecular weight excluding hydrogens is 509 g/mol. The van der Waals surface area contributed by atoms with Gasteiger partial charge in [0.25, 0.3) is 11.8 Å². The van der Waals surface area contributed by atoms with Crippen molar-refractivity contribution in [2.75, 3.05) is 18.4 Å². The second kappa shape index (κ2) is 9.57. The van der Waals surface area contributed by atoms with Gasteiger partial charge in [-0.3, -0.25) is 14.0 Å². The van der Waals surface area contributed by atoms with Gasteiger partial charge in [0.2, 0.25) is 0 Å². The molecule has 5 heterocycles. The van der Waals surface area contributed by atoms with Crippen molar-refractivity contribution in [1.29, 1.82) is 0 Å². The number of amides is 2. The van der Waals surface area contributed by atoms with Crippen LogP contribution in [0.25, 0.3) is 11.2 Å². The van der Waals surface area contributed by atoms with Crippen LogP contribution in [0.5, 0.6) is 0 Å². The number of rotatable bonds is 4. The van der Waals surface area contributed by atoms with E-state index in [-0.39, 0.29) is 23.2 Å². The molecular formula is C28H23F3N6O2. The Labute approximate surface area is 220 Å². The van der Waals surface area contributed by atoms with Gasteiger partial charge in [0.1, 0.15) is 17.0 Å². The van der Waals surface area contributed by atoms with Gasteiger partial charge in [-0.25, -0.2) is 9.97 Å². The van der Waals surface area contributed by atoms with Crippen molar-refractivity contribution in [3.63, 3.8) is 0 Å². The van der Waals surface area contributed by atoms with Gasteiger partial charge >= 0.3 is 6.18 Å². The normalized spacial score (nSPS) is 14.7. The Kier molecular flexibility index (Phi) is 6.05. The number of hydrogen-bond donors (Lipinski definition) is 1. The van der Waals surface area contributed by atoms with E-state index >= 15 is 0 Å². The maximum absolute atomic E-state index is 13.3. The van der Waals surface area contributed by atoms with Gasteiger partial charge in [0.05, 0.1) is 23.6 Å². The summed E-state index contributed by atoms with van der Waals surface area (Å²) in [5.74, 6) is -0.338. The van der Waals surface area contributed by atoms with Gasteiger partial charge in [0, 0.05) is 31.2 Å². The number of benzene rings is 1. The number of piperidine rings is 1. The molecule has 1 fully saturated rings. The smallest absolute Gasteiger partial charge is 0.339 e. The second-order valence-electron chi connectivity index (χ2n) is 9.51. The van der Waals surface area contributed by atoms with Crippen LogP contribution in [0.4, 0.5) is 18.9 Å². The average Bonchev–Trinajstić information content (AvgIpc) is 3.60. The van der Waals surface area contributed by atoms with Gasteiger partial charge in [-0.1, -0.05) is 18.2 Å². The summed E-state index contributed by atoms with van der Waals surface area (Å²) in [5, 5.41) is 2.70. The van der Waals surface area contributed by atoms with Crippen LogP contribution in [0.3, 0.4) is 0 Å². The molecule has 0 unspecified atom stereocenters. The summed E-state index contributed by atoms with van der Waals surface area (Å²) in [6, 6.07) is 14.7. The standard InChI is InChI=1S/C28H23F3N6O2/c29-28(30,31)24-4-1-5-25-34-22(16-37(24)25)26(38)33-20-8-6-18(7-9-20)19-10-13-35(14-11-19)27(39)21-3-2-12-36-17-32-15-23(21)36/h1-9,12,15-17,19H,10-11,13-14H2,(H,33,38). The third-order valence-electron chi connectivity index (χ3n) is 7.12. The maximum atomic E-state index is 13.3. The molecule has 1 N–H and O–H groups in total. The maximum Gasteiger partial charge on any atom is 0.431 e. The van der Waals surface area contributed by atoms with Gasteiger partial charge in [-0.2, -0.15) is 13.2 Å². The lowest BCUT2D eigenvalue weighted by molar-refractivity contribution is -0.142. The topological polar surface area (TPSA) is 84.0 Å². The zero-order valence-corrected chi connectivity index (χ0v) is 20.6. The number of carbonyl (C=O) groups excluding carboxylic acids is 2. The lowest BCUT2D eigenvalue weighted by Crippen LogP contribution is -2.38. The van der Waals surface area contributed by atoms with E-state index in [1.165, 1.54) is 12.1 Å². The molecule has 2 amide bonds. The highest BCUT2D eigenvalue weighted by Crippen LogP contribution is 2.31. The van der Waals surface area contributed by atoms with E-state index in [1.54, 1.807) is 24.7 Å². The summed E-state index contributed by atoms with van der Waals surface area (Å²) < 4.78 is 42.5. The lowest BCUT2D eigenvalue weighted by Gasteiger charge is -2.32. The molecule has 1 aliphatic rings. The van der Waals surface area contributed by atoms with E-state index in [0.717, 1.165) is 40.6 Å². The Morgan fingerprint density at radius 2 is 1.74 bits per heavy atom. The monoisotopic (exact) mass is 532 g/mol. The SMILES string of the molecule is O=C(Nc1ccc(C2CCN(C(=O)c3cccn4cncc34)CC2)cc1)c1cn2c(C(F)(F)F)cccc2n1. The molecule has 0 radical (unpaired) electrons. The molecule has 8 nitrogen and oxygen atoms in total. The molecule has 1 saturated heterocycles. The predicted octanol–water partition coefficient (Wildman–Crippen LogP) is 5.27. The van der Waals surface area contributed by atoms with Crippen molar-refractivity contribution < 1.29 is 22.8 Å². The summed E-state index contributed by atoms with van der Waals surface area (Å²) >= 11 is 0. The number of pyridine rings is 2. The number of nitrogens with zero attached hydrogens (tertiary/aromatic N) is 5. The molecule has 1 aromatic carbocycles. The van der Waals surface area contributed by atoms with Crippen LogP contribution in [0.2, 0.25) is 0 Å².